The van der Waals surface area contributed by atoms with Gasteiger partial charge in [-0.05, 0) is 12.8 Å². The maximum Gasteiger partial charge on any atom is 0.419 e. The molecule has 1 N–H and O–H groups in total. The first-order valence-corrected chi connectivity index (χ1v) is 5.20. The van der Waals surface area contributed by atoms with Crippen LogP contribution in [0.1, 0.15) is 19.3 Å². The zero-order valence-corrected chi connectivity index (χ0v) is 8.76. The van der Waals surface area contributed by atoms with Gasteiger partial charge in [-0.15, -0.1) is 0 Å². The highest BCUT2D eigenvalue weighted by Gasteiger charge is 2.19. The normalized spacial score (nSPS) is 20.2. The predicted octanol–water partition coefficient (Wildman–Crippen LogP) is 0.536. The molecule has 1 aromatic rings. The van der Waals surface area contributed by atoms with Gasteiger partial charge in [0.1, 0.15) is 12.9 Å². The van der Waals surface area contributed by atoms with Crippen molar-refractivity contribution in [1.29, 1.82) is 0 Å². The fourth-order valence-corrected chi connectivity index (χ4v) is 1.62. The Morgan fingerprint density at radius 1 is 1.69 bits per heavy atom. The number of aromatic nitrogens is 2. The molecule has 0 radical (unpaired) electrons. The highest BCUT2D eigenvalue weighted by molar-refractivity contribution is 5.77. The molecule has 1 aliphatic rings. The molecule has 0 unspecified atom stereocenters. The summed E-state index contributed by atoms with van der Waals surface area (Å²) in [5.41, 5.74) is 0. The third kappa shape index (κ3) is 2.59. The van der Waals surface area contributed by atoms with E-state index in [1.807, 2.05) is 0 Å². The fraction of sp³-hybridized carbons (Fsp3) is 0.500. The number of carbonyl (C=O) groups is 2. The molecule has 0 bridgehead atoms. The van der Waals surface area contributed by atoms with Crippen molar-refractivity contribution in [2.45, 2.75) is 25.3 Å². The summed E-state index contributed by atoms with van der Waals surface area (Å²) in [7, 11) is 0. The van der Waals surface area contributed by atoms with Crippen molar-refractivity contribution < 1.29 is 14.3 Å². The monoisotopic (exact) mass is 223 g/mol. The number of imidazole rings is 1. The summed E-state index contributed by atoms with van der Waals surface area (Å²) in [6.07, 6.45) is 6.18. The minimum atomic E-state index is -0.475. The average molecular weight is 223 g/mol. The van der Waals surface area contributed by atoms with Crippen molar-refractivity contribution in [1.82, 2.24) is 14.9 Å². The second kappa shape index (κ2) is 4.78. The van der Waals surface area contributed by atoms with Crippen molar-refractivity contribution in [2.24, 2.45) is 0 Å². The van der Waals surface area contributed by atoms with E-state index >= 15 is 0 Å². The SMILES string of the molecule is O=C1CCC[C@H](COC(=O)n2ccnc2)N1. The molecule has 6 nitrogen and oxygen atoms in total. The Morgan fingerprint density at radius 3 is 3.25 bits per heavy atom. The van der Waals surface area contributed by atoms with Crippen molar-refractivity contribution >= 4 is 12.0 Å². The van der Waals surface area contributed by atoms with Gasteiger partial charge in [-0.2, -0.15) is 0 Å². The van der Waals surface area contributed by atoms with Gasteiger partial charge in [0.25, 0.3) is 0 Å². The van der Waals surface area contributed by atoms with Crippen LogP contribution < -0.4 is 5.32 Å². The molecule has 1 aromatic heterocycles. The largest absolute Gasteiger partial charge is 0.447 e. The average Bonchev–Trinajstić information content (AvgIpc) is 2.79. The maximum atomic E-state index is 11.4. The zero-order chi connectivity index (χ0) is 11.4. The second-order valence-electron chi connectivity index (χ2n) is 3.70. The summed E-state index contributed by atoms with van der Waals surface area (Å²) in [6.45, 7) is 0.211. The van der Waals surface area contributed by atoms with Gasteiger partial charge in [0.05, 0.1) is 6.04 Å². The molecule has 1 aliphatic heterocycles. The fourth-order valence-electron chi connectivity index (χ4n) is 1.62. The highest BCUT2D eigenvalue weighted by atomic mass is 16.5. The third-order valence-corrected chi connectivity index (χ3v) is 2.44. The number of amides is 1. The summed E-state index contributed by atoms with van der Waals surface area (Å²) < 4.78 is 6.30. The van der Waals surface area contributed by atoms with E-state index in [2.05, 4.69) is 10.3 Å². The van der Waals surface area contributed by atoms with Crippen LogP contribution in [0.3, 0.4) is 0 Å². The Hall–Kier alpha value is -1.85. The van der Waals surface area contributed by atoms with Crippen molar-refractivity contribution in [3.63, 3.8) is 0 Å². The van der Waals surface area contributed by atoms with Crippen LogP contribution in [0.25, 0.3) is 0 Å². The van der Waals surface area contributed by atoms with E-state index in [0.717, 1.165) is 12.8 Å². The Kier molecular flexibility index (Phi) is 3.19. The lowest BCUT2D eigenvalue weighted by molar-refractivity contribution is -0.123. The Labute approximate surface area is 92.6 Å². The summed E-state index contributed by atoms with van der Waals surface area (Å²) in [6, 6.07) is -0.0614. The van der Waals surface area contributed by atoms with E-state index in [4.69, 9.17) is 4.74 Å². The Morgan fingerprint density at radius 2 is 2.56 bits per heavy atom. The molecule has 2 rings (SSSR count). The lowest BCUT2D eigenvalue weighted by atomic mass is 10.1. The van der Waals surface area contributed by atoms with E-state index < -0.39 is 6.09 Å². The van der Waals surface area contributed by atoms with Gasteiger partial charge in [0, 0.05) is 18.8 Å². The van der Waals surface area contributed by atoms with Crippen molar-refractivity contribution in [3.05, 3.63) is 18.7 Å². The van der Waals surface area contributed by atoms with Gasteiger partial charge in [-0.25, -0.2) is 14.3 Å². The lowest BCUT2D eigenvalue weighted by Gasteiger charge is -2.22. The molecule has 86 valence electrons. The third-order valence-electron chi connectivity index (χ3n) is 2.44. The lowest BCUT2D eigenvalue weighted by Crippen LogP contribution is -2.42. The number of hydrogen-bond acceptors (Lipinski definition) is 4. The van der Waals surface area contributed by atoms with Gasteiger partial charge < -0.3 is 10.1 Å². The number of nitrogens with one attached hydrogen (secondary N) is 1. The number of rotatable bonds is 2. The van der Waals surface area contributed by atoms with E-state index in [9.17, 15) is 9.59 Å². The van der Waals surface area contributed by atoms with Crippen LogP contribution in [-0.4, -0.2) is 34.2 Å². The molecule has 1 fully saturated rings. The minimum Gasteiger partial charge on any atom is -0.447 e. The minimum absolute atomic E-state index is 0.0231. The number of ether oxygens (including phenoxy) is 1. The molecule has 0 spiro atoms. The van der Waals surface area contributed by atoms with Crippen LogP contribution >= 0.6 is 0 Å². The maximum absolute atomic E-state index is 11.4. The van der Waals surface area contributed by atoms with Crippen LogP contribution in [0.4, 0.5) is 4.79 Å². The van der Waals surface area contributed by atoms with Gasteiger partial charge in [0.2, 0.25) is 5.91 Å². The predicted molar refractivity (Wildman–Crippen MR) is 54.8 cm³/mol. The van der Waals surface area contributed by atoms with Crippen LogP contribution in [-0.2, 0) is 9.53 Å². The summed E-state index contributed by atoms with van der Waals surface area (Å²) >= 11 is 0. The number of hydrogen-bond donors (Lipinski definition) is 1. The Bertz CT molecular complexity index is 375. The van der Waals surface area contributed by atoms with E-state index in [1.54, 1.807) is 0 Å². The van der Waals surface area contributed by atoms with E-state index in [0.29, 0.717) is 6.42 Å². The van der Waals surface area contributed by atoms with Gasteiger partial charge in [0.15, 0.2) is 0 Å². The molecule has 16 heavy (non-hydrogen) atoms. The molecule has 6 heteroatoms. The number of nitrogens with zero attached hydrogens (tertiary/aromatic N) is 2. The Balaban J connectivity index is 1.79. The molecule has 2 heterocycles. The molecule has 0 saturated carbocycles. The smallest absolute Gasteiger partial charge is 0.419 e. The van der Waals surface area contributed by atoms with E-state index in [-0.39, 0.29) is 18.6 Å². The van der Waals surface area contributed by atoms with Crippen LogP contribution in [0, 0.1) is 0 Å². The summed E-state index contributed by atoms with van der Waals surface area (Å²) in [5.74, 6) is 0.0231. The first-order chi connectivity index (χ1) is 7.75. The first-order valence-electron chi connectivity index (χ1n) is 5.20. The molecule has 1 amide bonds. The molecular weight excluding hydrogens is 210 g/mol. The topological polar surface area (TPSA) is 73.2 Å². The van der Waals surface area contributed by atoms with Gasteiger partial charge in [-0.3, -0.25) is 4.79 Å². The quantitative estimate of drug-likeness (QED) is 0.794. The van der Waals surface area contributed by atoms with E-state index in [1.165, 1.54) is 23.3 Å². The highest BCUT2D eigenvalue weighted by Crippen LogP contribution is 2.08. The molecule has 1 atom stereocenters. The molecule has 0 aliphatic carbocycles. The first kappa shape index (κ1) is 10.7. The van der Waals surface area contributed by atoms with Crippen LogP contribution in [0.15, 0.2) is 18.7 Å². The van der Waals surface area contributed by atoms with Gasteiger partial charge in [-0.1, -0.05) is 0 Å². The number of carbonyl (C=O) groups excluding carboxylic acids is 2. The summed E-state index contributed by atoms with van der Waals surface area (Å²) in [5, 5.41) is 2.78. The zero-order valence-electron chi connectivity index (χ0n) is 8.76. The molecular formula is C10H13N3O3. The van der Waals surface area contributed by atoms with Crippen LogP contribution in [0.5, 0.6) is 0 Å². The standard InChI is InChI=1S/C10H13N3O3/c14-9-3-1-2-8(12-9)6-16-10(15)13-5-4-11-7-13/h4-5,7-8H,1-3,6H2,(H,12,14)/t8-/m1/s1. The van der Waals surface area contributed by atoms with Gasteiger partial charge >= 0.3 is 6.09 Å². The number of piperidine rings is 1. The molecule has 1 saturated heterocycles. The molecule has 0 aromatic carbocycles. The van der Waals surface area contributed by atoms with Crippen molar-refractivity contribution in [3.8, 4) is 0 Å². The van der Waals surface area contributed by atoms with Crippen molar-refractivity contribution in [2.75, 3.05) is 6.61 Å². The van der Waals surface area contributed by atoms with Crippen LogP contribution in [0.2, 0.25) is 0 Å². The summed E-state index contributed by atoms with van der Waals surface area (Å²) in [4.78, 5) is 26.2. The second-order valence-corrected chi connectivity index (χ2v) is 3.70.